The van der Waals surface area contributed by atoms with Crippen molar-refractivity contribution >= 4 is 5.82 Å². The molecule has 2 heterocycles. The zero-order valence-corrected chi connectivity index (χ0v) is 14.5. The number of aliphatic hydroxyl groups excluding tert-OH is 1. The molecule has 2 atom stereocenters. The van der Waals surface area contributed by atoms with Gasteiger partial charge in [0, 0.05) is 25.7 Å². The number of alkyl halides is 3. The maximum Gasteiger partial charge on any atom is 0.393 e. The Balaban J connectivity index is 2.10. The van der Waals surface area contributed by atoms with Gasteiger partial charge in [-0.1, -0.05) is 13.8 Å². The van der Waals surface area contributed by atoms with Crippen molar-refractivity contribution in [2.24, 2.45) is 11.8 Å². The first-order valence-electron chi connectivity index (χ1n) is 8.53. The van der Waals surface area contributed by atoms with Crippen LogP contribution in [0.4, 0.5) is 23.4 Å². The normalized spacial score (nSPS) is 20.2. The van der Waals surface area contributed by atoms with Crippen LogP contribution in [0.25, 0.3) is 0 Å². The highest BCUT2D eigenvalue weighted by molar-refractivity contribution is 5.40. The Kier molecular flexibility index (Phi) is 6.62. The van der Waals surface area contributed by atoms with Gasteiger partial charge in [-0.15, -0.1) is 0 Å². The molecular formula is C17H25F4N3O. The van der Waals surface area contributed by atoms with Gasteiger partial charge in [-0.3, -0.25) is 0 Å². The lowest BCUT2D eigenvalue weighted by Crippen LogP contribution is -2.42. The van der Waals surface area contributed by atoms with Crippen LogP contribution in [-0.2, 0) is 6.54 Å². The molecule has 2 N–H and O–H groups in total. The SMILES string of the molecule is CC(C)[C@H](CO)NCc1nc(N2CCCC(C(F)(F)F)C2)ccc1F. The number of nitrogens with zero attached hydrogens (tertiary/aromatic N) is 2. The van der Waals surface area contributed by atoms with E-state index in [0.717, 1.165) is 0 Å². The molecule has 2 rings (SSSR count). The first-order valence-corrected chi connectivity index (χ1v) is 8.53. The first-order chi connectivity index (χ1) is 11.7. The molecule has 1 aliphatic rings. The molecule has 1 saturated heterocycles. The van der Waals surface area contributed by atoms with Gasteiger partial charge in [-0.2, -0.15) is 13.2 Å². The van der Waals surface area contributed by atoms with Crippen LogP contribution >= 0.6 is 0 Å². The molecule has 4 nitrogen and oxygen atoms in total. The molecule has 0 radical (unpaired) electrons. The fraction of sp³-hybridized carbons (Fsp3) is 0.706. The van der Waals surface area contributed by atoms with Crippen LogP contribution in [0.3, 0.4) is 0 Å². The largest absolute Gasteiger partial charge is 0.395 e. The van der Waals surface area contributed by atoms with Gasteiger partial charge in [-0.05, 0) is 30.9 Å². The fourth-order valence-electron chi connectivity index (χ4n) is 2.96. The predicted molar refractivity (Wildman–Crippen MR) is 87.7 cm³/mol. The predicted octanol–water partition coefficient (Wildman–Crippen LogP) is 3.11. The first kappa shape index (κ1) is 19.9. The number of piperidine rings is 1. The molecule has 1 aromatic heterocycles. The Labute approximate surface area is 145 Å². The van der Waals surface area contributed by atoms with Crippen molar-refractivity contribution < 1.29 is 22.7 Å². The average Bonchev–Trinajstić information content (AvgIpc) is 2.56. The second kappa shape index (κ2) is 8.31. The fourth-order valence-corrected chi connectivity index (χ4v) is 2.96. The van der Waals surface area contributed by atoms with Crippen LogP contribution in [0.5, 0.6) is 0 Å². The number of aliphatic hydroxyl groups is 1. The molecule has 1 aromatic rings. The van der Waals surface area contributed by atoms with Crippen LogP contribution in [0, 0.1) is 17.7 Å². The smallest absolute Gasteiger partial charge is 0.393 e. The third kappa shape index (κ3) is 5.28. The standard InChI is InChI=1S/C17H25F4N3O/c1-11(2)15(10-25)22-8-14-13(18)5-6-16(23-14)24-7-3-4-12(9-24)17(19,20)21/h5-6,11-12,15,22,25H,3-4,7-10H2,1-2H3/t12?,15-/m0/s1. The van der Waals surface area contributed by atoms with E-state index in [-0.39, 0.29) is 43.8 Å². The van der Waals surface area contributed by atoms with Gasteiger partial charge in [0.2, 0.25) is 0 Å². The lowest BCUT2D eigenvalue weighted by atomic mass is 9.97. The molecule has 0 aliphatic carbocycles. The minimum Gasteiger partial charge on any atom is -0.395 e. The van der Waals surface area contributed by atoms with Crippen LogP contribution in [0.1, 0.15) is 32.4 Å². The summed E-state index contributed by atoms with van der Waals surface area (Å²) in [6.07, 6.45) is -3.69. The number of hydrogen-bond donors (Lipinski definition) is 2. The van der Waals surface area contributed by atoms with Gasteiger partial charge in [0.25, 0.3) is 0 Å². The number of aromatic nitrogens is 1. The van der Waals surface area contributed by atoms with E-state index in [2.05, 4.69) is 10.3 Å². The average molecular weight is 363 g/mol. The molecule has 0 saturated carbocycles. The van der Waals surface area contributed by atoms with Crippen LogP contribution < -0.4 is 10.2 Å². The Morgan fingerprint density at radius 3 is 2.68 bits per heavy atom. The number of nitrogens with one attached hydrogen (secondary N) is 1. The molecule has 0 bridgehead atoms. The van der Waals surface area contributed by atoms with Crippen molar-refractivity contribution in [2.45, 2.75) is 45.5 Å². The number of hydrogen-bond acceptors (Lipinski definition) is 4. The minimum atomic E-state index is -4.23. The summed E-state index contributed by atoms with van der Waals surface area (Å²) in [6.45, 7) is 4.21. The van der Waals surface area contributed by atoms with Crippen molar-refractivity contribution in [1.29, 1.82) is 0 Å². The maximum absolute atomic E-state index is 14.0. The second-order valence-electron chi connectivity index (χ2n) is 6.84. The van der Waals surface area contributed by atoms with Crippen molar-refractivity contribution in [2.75, 3.05) is 24.6 Å². The van der Waals surface area contributed by atoms with E-state index in [9.17, 15) is 22.7 Å². The van der Waals surface area contributed by atoms with Crippen molar-refractivity contribution in [1.82, 2.24) is 10.3 Å². The summed E-state index contributed by atoms with van der Waals surface area (Å²) in [7, 11) is 0. The van der Waals surface area contributed by atoms with E-state index < -0.39 is 17.9 Å². The highest BCUT2D eigenvalue weighted by atomic mass is 19.4. The Morgan fingerprint density at radius 2 is 2.08 bits per heavy atom. The van der Waals surface area contributed by atoms with E-state index in [0.29, 0.717) is 18.8 Å². The number of halogens is 4. The Morgan fingerprint density at radius 1 is 1.36 bits per heavy atom. The summed E-state index contributed by atoms with van der Waals surface area (Å²) in [4.78, 5) is 5.78. The topological polar surface area (TPSA) is 48.4 Å². The lowest BCUT2D eigenvalue weighted by molar-refractivity contribution is -0.176. The summed E-state index contributed by atoms with van der Waals surface area (Å²) in [6, 6.07) is 2.46. The molecule has 25 heavy (non-hydrogen) atoms. The molecular weight excluding hydrogens is 338 g/mol. The third-order valence-electron chi connectivity index (χ3n) is 4.65. The summed E-state index contributed by atoms with van der Waals surface area (Å²) < 4.78 is 52.9. The zero-order valence-electron chi connectivity index (χ0n) is 14.5. The minimum absolute atomic E-state index is 0.0850. The highest BCUT2D eigenvalue weighted by Crippen LogP contribution is 2.34. The number of rotatable bonds is 6. The van der Waals surface area contributed by atoms with Gasteiger partial charge < -0.3 is 15.3 Å². The van der Waals surface area contributed by atoms with E-state index >= 15 is 0 Å². The van der Waals surface area contributed by atoms with Crippen LogP contribution in [0.15, 0.2) is 12.1 Å². The molecule has 8 heteroatoms. The molecule has 1 fully saturated rings. The Hall–Kier alpha value is -1.41. The number of anilines is 1. The van der Waals surface area contributed by atoms with Crippen molar-refractivity contribution in [3.63, 3.8) is 0 Å². The molecule has 0 spiro atoms. The van der Waals surface area contributed by atoms with Crippen LogP contribution in [0.2, 0.25) is 0 Å². The van der Waals surface area contributed by atoms with E-state index in [1.807, 2.05) is 13.8 Å². The summed E-state index contributed by atoms with van der Waals surface area (Å²) in [5.74, 6) is -1.38. The van der Waals surface area contributed by atoms with Crippen molar-refractivity contribution in [3.05, 3.63) is 23.6 Å². The van der Waals surface area contributed by atoms with E-state index in [4.69, 9.17) is 0 Å². The third-order valence-corrected chi connectivity index (χ3v) is 4.65. The molecule has 1 unspecified atom stereocenters. The maximum atomic E-state index is 14.0. The van der Waals surface area contributed by atoms with Gasteiger partial charge in [-0.25, -0.2) is 9.37 Å². The molecule has 142 valence electrons. The molecule has 0 amide bonds. The van der Waals surface area contributed by atoms with Gasteiger partial charge in [0.05, 0.1) is 18.2 Å². The van der Waals surface area contributed by atoms with Gasteiger partial charge in [0.15, 0.2) is 0 Å². The molecule has 1 aliphatic heterocycles. The monoisotopic (exact) mass is 363 g/mol. The van der Waals surface area contributed by atoms with E-state index in [1.54, 1.807) is 4.90 Å². The highest BCUT2D eigenvalue weighted by Gasteiger charge is 2.42. The number of pyridine rings is 1. The molecule has 0 aromatic carbocycles. The quantitative estimate of drug-likeness (QED) is 0.763. The lowest BCUT2D eigenvalue weighted by Gasteiger charge is -2.34. The Bertz CT molecular complexity index is 565. The summed E-state index contributed by atoms with van der Waals surface area (Å²) in [5.41, 5.74) is 0.144. The summed E-state index contributed by atoms with van der Waals surface area (Å²) >= 11 is 0. The van der Waals surface area contributed by atoms with Crippen molar-refractivity contribution in [3.8, 4) is 0 Å². The summed E-state index contributed by atoms with van der Waals surface area (Å²) in [5, 5.41) is 12.4. The zero-order chi connectivity index (χ0) is 18.6. The van der Waals surface area contributed by atoms with E-state index in [1.165, 1.54) is 12.1 Å². The second-order valence-corrected chi connectivity index (χ2v) is 6.84. The van der Waals surface area contributed by atoms with Crippen LogP contribution in [-0.4, -0.2) is 42.0 Å². The van der Waals surface area contributed by atoms with Gasteiger partial charge >= 0.3 is 6.18 Å². The van der Waals surface area contributed by atoms with Gasteiger partial charge in [0.1, 0.15) is 11.6 Å².